The third-order valence-corrected chi connectivity index (χ3v) is 6.94. The third-order valence-electron chi connectivity index (χ3n) is 6.70. The van der Waals surface area contributed by atoms with Crippen LogP contribution in [0.2, 0.25) is 5.02 Å². The summed E-state index contributed by atoms with van der Waals surface area (Å²) < 4.78 is 16.5. The van der Waals surface area contributed by atoms with Crippen molar-refractivity contribution >= 4 is 34.2 Å². The van der Waals surface area contributed by atoms with Gasteiger partial charge >= 0.3 is 0 Å². The Kier molecular flexibility index (Phi) is 5.78. The minimum atomic E-state index is -0.319. The molecule has 2 aromatic carbocycles. The lowest BCUT2D eigenvalue weighted by atomic mass is 10.1. The molecule has 1 aromatic heterocycles. The van der Waals surface area contributed by atoms with Crippen LogP contribution in [0.4, 0.5) is 10.1 Å². The summed E-state index contributed by atoms with van der Waals surface area (Å²) in [5, 5.41) is 3.69. The summed E-state index contributed by atoms with van der Waals surface area (Å²) in [6.45, 7) is 5.92. The second-order valence-corrected chi connectivity index (χ2v) is 9.06. The molecule has 1 N–H and O–H groups in total. The quantitative estimate of drug-likeness (QED) is 0.649. The fourth-order valence-electron chi connectivity index (χ4n) is 4.81. The Morgan fingerprint density at radius 1 is 1.19 bits per heavy atom. The summed E-state index contributed by atoms with van der Waals surface area (Å²) in [6.07, 6.45) is 3.77. The van der Waals surface area contributed by atoms with Gasteiger partial charge in [-0.05, 0) is 56.6 Å². The number of hydrogen-bond acceptors (Lipinski definition) is 4. The number of benzene rings is 2. The second kappa shape index (κ2) is 8.71. The molecule has 2 aliphatic heterocycles. The minimum Gasteiger partial charge on any atom is -0.368 e. The number of carbonyl (C=O) groups excluding carboxylic acids is 1. The highest BCUT2D eigenvalue weighted by Gasteiger charge is 2.29. The van der Waals surface area contributed by atoms with Crippen LogP contribution in [0, 0.1) is 5.82 Å². The van der Waals surface area contributed by atoms with Crippen LogP contribution in [-0.4, -0.2) is 59.1 Å². The fraction of sp³-hybridized carbons (Fsp3) is 0.417. The average molecular weight is 456 g/mol. The molecule has 2 atom stereocenters. The molecule has 5 rings (SSSR count). The number of rotatable bonds is 4. The number of anilines is 1. The summed E-state index contributed by atoms with van der Waals surface area (Å²) in [6, 6.07) is 10.7. The number of carbonyl (C=O) groups is 1. The van der Waals surface area contributed by atoms with E-state index in [4.69, 9.17) is 11.6 Å². The molecule has 6 nitrogen and oxygen atoms in total. The minimum absolute atomic E-state index is 0.0120. The second-order valence-electron chi connectivity index (χ2n) is 8.63. The Morgan fingerprint density at radius 2 is 2.00 bits per heavy atom. The monoisotopic (exact) mass is 455 g/mol. The molecular formula is C24H27ClFN5O. The van der Waals surface area contributed by atoms with Crippen molar-refractivity contribution in [1.82, 2.24) is 19.8 Å². The van der Waals surface area contributed by atoms with Gasteiger partial charge < -0.3 is 19.7 Å². The topological polar surface area (TPSA) is 53.4 Å². The van der Waals surface area contributed by atoms with Gasteiger partial charge in [-0.3, -0.25) is 4.79 Å². The van der Waals surface area contributed by atoms with Crippen LogP contribution < -0.4 is 10.2 Å². The first kappa shape index (κ1) is 21.2. The number of amides is 1. The van der Waals surface area contributed by atoms with E-state index in [9.17, 15) is 9.18 Å². The van der Waals surface area contributed by atoms with Crippen molar-refractivity contribution in [2.75, 3.05) is 37.6 Å². The van der Waals surface area contributed by atoms with Crippen LogP contribution in [0.25, 0.3) is 11.0 Å². The van der Waals surface area contributed by atoms with Gasteiger partial charge in [0.05, 0.1) is 29.4 Å². The van der Waals surface area contributed by atoms with E-state index in [1.54, 1.807) is 18.5 Å². The van der Waals surface area contributed by atoms with Crippen LogP contribution in [-0.2, 0) is 4.79 Å². The standard InChI is InChI=1S/C24H27ClFN5O/c1-16(19-6-4-17(25)13-20(19)26)31-15-28-21-7-5-18(14-23(21)31)29-9-11-30(12-10-29)24(32)22-3-2-8-27-22/h4-7,13-16,22,27H,2-3,8-12H2,1H3/t16-,22-/m1/s1. The predicted molar refractivity (Wildman–Crippen MR) is 125 cm³/mol. The molecule has 2 saturated heterocycles. The first-order valence-electron chi connectivity index (χ1n) is 11.2. The molecular weight excluding hydrogens is 429 g/mol. The van der Waals surface area contributed by atoms with Gasteiger partial charge in [0.1, 0.15) is 5.82 Å². The number of hydrogen-bond donors (Lipinski definition) is 1. The molecule has 0 saturated carbocycles. The van der Waals surface area contributed by atoms with Gasteiger partial charge in [-0.25, -0.2) is 9.37 Å². The maximum absolute atomic E-state index is 14.5. The number of nitrogens with zero attached hydrogens (tertiary/aromatic N) is 4. The highest BCUT2D eigenvalue weighted by Crippen LogP contribution is 2.29. The van der Waals surface area contributed by atoms with E-state index in [2.05, 4.69) is 27.3 Å². The molecule has 168 valence electrons. The van der Waals surface area contributed by atoms with Gasteiger partial charge in [0.15, 0.2) is 0 Å². The number of imidazole rings is 1. The first-order chi connectivity index (χ1) is 15.5. The zero-order valence-corrected chi connectivity index (χ0v) is 18.9. The molecule has 3 aromatic rings. The van der Waals surface area contributed by atoms with Gasteiger partial charge in [0, 0.05) is 42.5 Å². The lowest BCUT2D eigenvalue weighted by molar-refractivity contribution is -0.133. The van der Waals surface area contributed by atoms with Crippen molar-refractivity contribution in [3.8, 4) is 0 Å². The van der Waals surface area contributed by atoms with E-state index < -0.39 is 0 Å². The van der Waals surface area contributed by atoms with E-state index >= 15 is 0 Å². The SMILES string of the molecule is C[C@H](c1ccc(Cl)cc1F)n1cnc2ccc(N3CCN(C(=O)[C@H]4CCCN4)CC3)cc21. The van der Waals surface area contributed by atoms with Gasteiger partial charge in [0.25, 0.3) is 0 Å². The maximum Gasteiger partial charge on any atom is 0.239 e. The third kappa shape index (κ3) is 3.95. The predicted octanol–water partition coefficient (Wildman–Crippen LogP) is 3.84. The summed E-state index contributed by atoms with van der Waals surface area (Å²) in [5.74, 6) is -0.0879. The van der Waals surface area contributed by atoms with Crippen LogP contribution in [0.15, 0.2) is 42.7 Å². The van der Waals surface area contributed by atoms with Crippen LogP contribution in [0.5, 0.6) is 0 Å². The largest absolute Gasteiger partial charge is 0.368 e. The lowest BCUT2D eigenvalue weighted by Gasteiger charge is -2.37. The highest BCUT2D eigenvalue weighted by atomic mass is 35.5. The Morgan fingerprint density at radius 3 is 2.72 bits per heavy atom. The first-order valence-corrected chi connectivity index (χ1v) is 11.6. The van der Waals surface area contributed by atoms with Gasteiger partial charge in [-0.1, -0.05) is 17.7 Å². The van der Waals surface area contributed by atoms with E-state index in [1.807, 2.05) is 22.5 Å². The van der Waals surface area contributed by atoms with Crippen molar-refractivity contribution in [2.24, 2.45) is 0 Å². The zero-order valence-electron chi connectivity index (χ0n) is 18.1. The molecule has 3 heterocycles. The van der Waals surface area contributed by atoms with Crippen molar-refractivity contribution in [3.05, 3.63) is 59.1 Å². The highest BCUT2D eigenvalue weighted by molar-refractivity contribution is 6.30. The van der Waals surface area contributed by atoms with Crippen LogP contribution in [0.1, 0.15) is 31.4 Å². The summed E-state index contributed by atoms with van der Waals surface area (Å²) in [4.78, 5) is 21.5. The Hall–Kier alpha value is -2.64. The summed E-state index contributed by atoms with van der Waals surface area (Å²) in [7, 11) is 0. The Balaban J connectivity index is 1.34. The molecule has 2 fully saturated rings. The molecule has 0 bridgehead atoms. The number of piperazine rings is 1. The van der Waals surface area contributed by atoms with Crippen molar-refractivity contribution in [2.45, 2.75) is 31.8 Å². The van der Waals surface area contributed by atoms with Crippen LogP contribution in [0.3, 0.4) is 0 Å². The molecule has 32 heavy (non-hydrogen) atoms. The number of fused-ring (bicyclic) bond motifs is 1. The zero-order chi connectivity index (χ0) is 22.2. The number of aromatic nitrogens is 2. The van der Waals surface area contributed by atoms with E-state index in [0.717, 1.165) is 62.3 Å². The summed E-state index contributed by atoms with van der Waals surface area (Å²) in [5.41, 5.74) is 3.50. The van der Waals surface area contributed by atoms with Crippen LogP contribution >= 0.6 is 11.6 Å². The normalized spacial score (nSPS) is 20.2. The van der Waals surface area contributed by atoms with E-state index in [-0.39, 0.29) is 23.8 Å². The average Bonchev–Trinajstić information content (AvgIpc) is 3.48. The number of halogens is 2. The number of nitrogens with one attached hydrogen (secondary N) is 1. The van der Waals surface area contributed by atoms with Crippen molar-refractivity contribution in [1.29, 1.82) is 0 Å². The lowest BCUT2D eigenvalue weighted by Crippen LogP contribution is -2.53. The fourth-order valence-corrected chi connectivity index (χ4v) is 4.97. The maximum atomic E-state index is 14.5. The molecule has 1 amide bonds. The van der Waals surface area contributed by atoms with Crippen molar-refractivity contribution < 1.29 is 9.18 Å². The molecule has 0 spiro atoms. The molecule has 0 aliphatic carbocycles. The molecule has 8 heteroatoms. The molecule has 2 aliphatic rings. The Bertz CT molecular complexity index is 1130. The van der Waals surface area contributed by atoms with Gasteiger partial charge in [-0.2, -0.15) is 0 Å². The summed E-state index contributed by atoms with van der Waals surface area (Å²) >= 11 is 5.92. The van der Waals surface area contributed by atoms with Crippen molar-refractivity contribution in [3.63, 3.8) is 0 Å². The Labute approximate surface area is 192 Å². The van der Waals surface area contributed by atoms with Gasteiger partial charge in [0.2, 0.25) is 5.91 Å². The van der Waals surface area contributed by atoms with Gasteiger partial charge in [-0.15, -0.1) is 0 Å². The van der Waals surface area contributed by atoms with E-state index in [0.29, 0.717) is 10.6 Å². The smallest absolute Gasteiger partial charge is 0.239 e. The molecule has 0 radical (unpaired) electrons. The molecule has 0 unspecified atom stereocenters. The van der Waals surface area contributed by atoms with E-state index in [1.165, 1.54) is 6.07 Å².